The van der Waals surface area contributed by atoms with Gasteiger partial charge in [-0.1, -0.05) is 0 Å². The van der Waals surface area contributed by atoms with E-state index < -0.39 is 24.5 Å². The number of ether oxygens (including phenoxy) is 2. The molecule has 176 valence electrons. The van der Waals surface area contributed by atoms with Crippen LogP contribution in [-0.2, 0) is 14.3 Å². The molecule has 0 aliphatic carbocycles. The standard InChI is InChI=1S/C24H23N3O6S/c1-3-31-24(30)21-18(19-5-4-12-32-19)14-34-22(21)25-20(28)13-33-23(29)16-6-8-17(9-7-16)27-11-10-15(2)26-27/h4-9,12,14H,3,10-11,13H2,1-2H3,(H,25,28). The molecular weight excluding hydrogens is 458 g/mol. The van der Waals surface area contributed by atoms with Gasteiger partial charge in [-0.3, -0.25) is 9.80 Å². The van der Waals surface area contributed by atoms with E-state index in [1.54, 1.807) is 48.7 Å². The zero-order chi connectivity index (χ0) is 24.1. The van der Waals surface area contributed by atoms with Gasteiger partial charge in [0.25, 0.3) is 5.91 Å². The van der Waals surface area contributed by atoms with Gasteiger partial charge in [-0.25, -0.2) is 9.59 Å². The third-order valence-corrected chi connectivity index (χ3v) is 5.92. The van der Waals surface area contributed by atoms with E-state index in [2.05, 4.69) is 10.4 Å². The first-order valence-electron chi connectivity index (χ1n) is 10.7. The first kappa shape index (κ1) is 23.2. The number of rotatable bonds is 8. The topological polar surface area (TPSA) is 110 Å². The van der Waals surface area contributed by atoms with Crippen molar-refractivity contribution in [1.29, 1.82) is 0 Å². The van der Waals surface area contributed by atoms with E-state index in [0.29, 0.717) is 16.9 Å². The summed E-state index contributed by atoms with van der Waals surface area (Å²) in [6.07, 6.45) is 2.40. The maximum atomic E-state index is 12.5. The van der Waals surface area contributed by atoms with Gasteiger partial charge in [-0.2, -0.15) is 5.10 Å². The van der Waals surface area contributed by atoms with E-state index in [4.69, 9.17) is 13.9 Å². The molecule has 10 heteroatoms. The summed E-state index contributed by atoms with van der Waals surface area (Å²) in [7, 11) is 0. The highest BCUT2D eigenvalue weighted by Gasteiger charge is 2.24. The van der Waals surface area contributed by atoms with Crippen molar-refractivity contribution in [3.8, 4) is 11.3 Å². The minimum Gasteiger partial charge on any atom is -0.464 e. The summed E-state index contributed by atoms with van der Waals surface area (Å²) in [5, 5.41) is 10.9. The summed E-state index contributed by atoms with van der Waals surface area (Å²) in [6, 6.07) is 10.2. The number of carbonyl (C=O) groups is 3. The third kappa shape index (κ3) is 5.18. The lowest BCUT2D eigenvalue weighted by atomic mass is 10.1. The van der Waals surface area contributed by atoms with Crippen molar-refractivity contribution in [2.24, 2.45) is 5.10 Å². The van der Waals surface area contributed by atoms with Crippen LogP contribution in [0.2, 0.25) is 0 Å². The molecule has 0 spiro atoms. The molecular formula is C24H23N3O6S. The van der Waals surface area contributed by atoms with Gasteiger partial charge >= 0.3 is 11.9 Å². The fourth-order valence-corrected chi connectivity index (χ4v) is 4.33. The van der Waals surface area contributed by atoms with Gasteiger partial charge in [0.05, 0.1) is 24.1 Å². The molecule has 3 aromatic rings. The van der Waals surface area contributed by atoms with Crippen LogP contribution in [0.25, 0.3) is 11.3 Å². The highest BCUT2D eigenvalue weighted by Crippen LogP contribution is 2.36. The highest BCUT2D eigenvalue weighted by atomic mass is 32.1. The molecule has 0 atom stereocenters. The van der Waals surface area contributed by atoms with Crippen LogP contribution in [0.4, 0.5) is 10.7 Å². The van der Waals surface area contributed by atoms with Crippen molar-refractivity contribution >= 4 is 45.6 Å². The van der Waals surface area contributed by atoms with Crippen LogP contribution in [0.3, 0.4) is 0 Å². The van der Waals surface area contributed by atoms with Crippen molar-refractivity contribution in [2.45, 2.75) is 20.3 Å². The Morgan fingerprint density at radius 1 is 1.15 bits per heavy atom. The summed E-state index contributed by atoms with van der Waals surface area (Å²) in [6.45, 7) is 4.14. The Kier molecular flexibility index (Phi) is 7.07. The average Bonchev–Trinajstić information content (AvgIpc) is 3.59. The molecule has 0 fully saturated rings. The van der Waals surface area contributed by atoms with Crippen LogP contribution in [0.5, 0.6) is 0 Å². The van der Waals surface area contributed by atoms with Gasteiger partial charge in [-0.05, 0) is 50.2 Å². The first-order chi connectivity index (χ1) is 16.5. The monoisotopic (exact) mass is 481 g/mol. The molecule has 0 saturated carbocycles. The summed E-state index contributed by atoms with van der Waals surface area (Å²) >= 11 is 1.15. The number of amides is 1. The second-order valence-corrected chi connectivity index (χ2v) is 8.31. The minimum absolute atomic E-state index is 0.180. The number of carbonyl (C=O) groups excluding carboxylic acids is 3. The third-order valence-electron chi connectivity index (χ3n) is 5.02. The first-order valence-corrected chi connectivity index (χ1v) is 11.6. The van der Waals surface area contributed by atoms with E-state index in [1.807, 2.05) is 11.9 Å². The maximum Gasteiger partial charge on any atom is 0.341 e. The van der Waals surface area contributed by atoms with Crippen LogP contribution < -0.4 is 10.3 Å². The molecule has 4 rings (SSSR count). The fourth-order valence-electron chi connectivity index (χ4n) is 3.38. The predicted octanol–water partition coefficient (Wildman–Crippen LogP) is 4.57. The van der Waals surface area contributed by atoms with Crippen LogP contribution in [-0.4, -0.2) is 43.3 Å². The molecule has 1 amide bonds. The number of thiophene rings is 1. The molecule has 2 aromatic heterocycles. The van der Waals surface area contributed by atoms with Crippen LogP contribution in [0, 0.1) is 0 Å². The van der Waals surface area contributed by atoms with Crippen molar-refractivity contribution in [2.75, 3.05) is 30.1 Å². The molecule has 1 N–H and O–H groups in total. The van der Waals surface area contributed by atoms with Gasteiger partial charge in [0.2, 0.25) is 0 Å². The average molecular weight is 482 g/mol. The Hall–Kier alpha value is -3.92. The molecule has 0 radical (unpaired) electrons. The van der Waals surface area contributed by atoms with Gasteiger partial charge in [0.1, 0.15) is 16.3 Å². The van der Waals surface area contributed by atoms with E-state index in [0.717, 1.165) is 35.7 Å². The molecule has 1 aliphatic rings. The van der Waals surface area contributed by atoms with E-state index in [9.17, 15) is 14.4 Å². The number of anilines is 2. The number of esters is 2. The quantitative estimate of drug-likeness (QED) is 0.469. The molecule has 1 aliphatic heterocycles. The summed E-state index contributed by atoms with van der Waals surface area (Å²) in [5.74, 6) is -1.31. The number of hydrogen-bond acceptors (Lipinski definition) is 9. The van der Waals surface area contributed by atoms with Crippen molar-refractivity contribution in [1.82, 2.24) is 0 Å². The van der Waals surface area contributed by atoms with E-state index in [1.165, 1.54) is 6.26 Å². The van der Waals surface area contributed by atoms with Crippen LogP contribution in [0.1, 0.15) is 41.0 Å². The zero-order valence-corrected chi connectivity index (χ0v) is 19.5. The lowest BCUT2D eigenvalue weighted by molar-refractivity contribution is -0.119. The van der Waals surface area contributed by atoms with E-state index in [-0.39, 0.29) is 17.2 Å². The lowest BCUT2D eigenvalue weighted by Gasteiger charge is -2.13. The summed E-state index contributed by atoms with van der Waals surface area (Å²) in [4.78, 5) is 37.3. The van der Waals surface area contributed by atoms with Crippen molar-refractivity contribution in [3.63, 3.8) is 0 Å². The molecule has 0 unspecified atom stereocenters. The zero-order valence-electron chi connectivity index (χ0n) is 18.7. The maximum absolute atomic E-state index is 12.5. The molecule has 1 aromatic carbocycles. The second kappa shape index (κ2) is 10.3. The van der Waals surface area contributed by atoms with E-state index >= 15 is 0 Å². The lowest BCUT2D eigenvalue weighted by Crippen LogP contribution is -2.21. The Balaban J connectivity index is 1.38. The predicted molar refractivity (Wildman–Crippen MR) is 128 cm³/mol. The van der Waals surface area contributed by atoms with Crippen LogP contribution in [0.15, 0.2) is 57.6 Å². The fraction of sp³-hybridized carbons (Fsp3) is 0.250. The summed E-state index contributed by atoms with van der Waals surface area (Å²) < 4.78 is 15.7. The summed E-state index contributed by atoms with van der Waals surface area (Å²) in [5.41, 5.74) is 2.96. The number of benzene rings is 1. The number of furan rings is 1. The van der Waals surface area contributed by atoms with Gasteiger partial charge in [-0.15, -0.1) is 11.3 Å². The smallest absolute Gasteiger partial charge is 0.341 e. The normalized spacial score (nSPS) is 12.9. The number of hydrazone groups is 1. The number of hydrogen-bond donors (Lipinski definition) is 1. The number of nitrogens with zero attached hydrogens (tertiary/aromatic N) is 2. The van der Waals surface area contributed by atoms with Crippen LogP contribution >= 0.6 is 11.3 Å². The Morgan fingerprint density at radius 3 is 2.59 bits per heavy atom. The Labute approximate surface area is 200 Å². The van der Waals surface area contributed by atoms with Gasteiger partial charge in [0.15, 0.2) is 6.61 Å². The minimum atomic E-state index is -0.629. The second-order valence-electron chi connectivity index (χ2n) is 7.43. The Bertz CT molecular complexity index is 1210. The molecule has 9 nitrogen and oxygen atoms in total. The largest absolute Gasteiger partial charge is 0.464 e. The Morgan fingerprint density at radius 2 is 1.94 bits per heavy atom. The highest BCUT2D eigenvalue weighted by molar-refractivity contribution is 7.15. The molecule has 34 heavy (non-hydrogen) atoms. The van der Waals surface area contributed by atoms with Crippen molar-refractivity contribution in [3.05, 3.63) is 59.2 Å². The molecule has 0 bridgehead atoms. The van der Waals surface area contributed by atoms with Crippen molar-refractivity contribution < 1.29 is 28.3 Å². The molecule has 3 heterocycles. The van der Waals surface area contributed by atoms with Gasteiger partial charge in [0, 0.05) is 29.6 Å². The van der Waals surface area contributed by atoms with Gasteiger partial charge < -0.3 is 19.2 Å². The number of nitrogens with one attached hydrogen (secondary N) is 1. The molecule has 0 saturated heterocycles. The SMILES string of the molecule is CCOC(=O)c1c(-c2ccco2)csc1NC(=O)COC(=O)c1ccc(N2CCC(C)=N2)cc1.